The van der Waals surface area contributed by atoms with Crippen LogP contribution in [0.3, 0.4) is 0 Å². The fraction of sp³-hybridized carbons (Fsp3) is 0.522. The standard InChI is InChI=1S/C23H29N3O3/c1-16-7-9-18(10-8-16)25-14-13-24(15-17(25)2)21(27)11-12-26-22(28)19-5-3-4-6-20(19)23(26)29/h3-4,7-10,17,19-20H,5-6,11-15H2,1-2H3/t17-,19+,20+/m0/s1. The second kappa shape index (κ2) is 8.01. The molecule has 0 spiro atoms. The van der Waals surface area contributed by atoms with Gasteiger partial charge in [-0.1, -0.05) is 29.8 Å². The molecule has 1 aromatic carbocycles. The fourth-order valence-electron chi connectivity index (χ4n) is 4.76. The Morgan fingerprint density at radius 1 is 1.00 bits per heavy atom. The first-order valence-electron chi connectivity index (χ1n) is 10.6. The number of anilines is 1. The minimum Gasteiger partial charge on any atom is -0.365 e. The van der Waals surface area contributed by atoms with Crippen LogP contribution in [0.25, 0.3) is 0 Å². The molecule has 0 radical (unpaired) electrons. The number of aryl methyl sites for hydroxylation is 1. The molecule has 6 heteroatoms. The van der Waals surface area contributed by atoms with Crippen molar-refractivity contribution in [1.82, 2.24) is 9.80 Å². The average molecular weight is 396 g/mol. The molecule has 0 saturated carbocycles. The summed E-state index contributed by atoms with van der Waals surface area (Å²) in [5, 5.41) is 0. The van der Waals surface area contributed by atoms with Gasteiger partial charge in [0, 0.05) is 44.3 Å². The molecule has 0 N–H and O–H groups in total. The van der Waals surface area contributed by atoms with Crippen LogP contribution in [-0.2, 0) is 14.4 Å². The number of hydrogen-bond donors (Lipinski definition) is 0. The zero-order chi connectivity index (χ0) is 20.5. The van der Waals surface area contributed by atoms with Gasteiger partial charge in [0.1, 0.15) is 0 Å². The largest absolute Gasteiger partial charge is 0.365 e. The van der Waals surface area contributed by atoms with Crippen molar-refractivity contribution >= 4 is 23.4 Å². The molecule has 154 valence electrons. The van der Waals surface area contributed by atoms with Gasteiger partial charge in [0.2, 0.25) is 17.7 Å². The highest BCUT2D eigenvalue weighted by Crippen LogP contribution is 2.35. The Bertz CT molecular complexity index is 806. The summed E-state index contributed by atoms with van der Waals surface area (Å²) in [7, 11) is 0. The molecule has 0 aromatic heterocycles. The number of likely N-dealkylation sites (tertiary alicyclic amines) is 1. The molecule has 3 aliphatic rings. The third-order valence-corrected chi connectivity index (χ3v) is 6.49. The van der Waals surface area contributed by atoms with E-state index < -0.39 is 0 Å². The number of hydrogen-bond acceptors (Lipinski definition) is 4. The Morgan fingerprint density at radius 3 is 2.21 bits per heavy atom. The lowest BCUT2D eigenvalue weighted by atomic mass is 9.85. The molecule has 1 aliphatic carbocycles. The third kappa shape index (κ3) is 3.80. The molecule has 0 bridgehead atoms. The van der Waals surface area contributed by atoms with E-state index in [0.29, 0.717) is 25.9 Å². The van der Waals surface area contributed by atoms with Crippen LogP contribution in [0, 0.1) is 18.8 Å². The van der Waals surface area contributed by atoms with Crippen LogP contribution < -0.4 is 4.90 Å². The van der Waals surface area contributed by atoms with Crippen molar-refractivity contribution in [3.05, 3.63) is 42.0 Å². The van der Waals surface area contributed by atoms with E-state index in [0.717, 1.165) is 6.54 Å². The number of imide groups is 1. The van der Waals surface area contributed by atoms with Crippen LogP contribution in [0.2, 0.25) is 0 Å². The SMILES string of the molecule is Cc1ccc(N2CCN(C(=O)CCN3C(=O)[C@@H]4CC=CC[C@H]4C3=O)C[C@@H]2C)cc1. The van der Waals surface area contributed by atoms with Crippen molar-refractivity contribution in [2.45, 2.75) is 39.2 Å². The van der Waals surface area contributed by atoms with E-state index >= 15 is 0 Å². The van der Waals surface area contributed by atoms with E-state index in [9.17, 15) is 14.4 Å². The van der Waals surface area contributed by atoms with Gasteiger partial charge in [-0.3, -0.25) is 19.3 Å². The van der Waals surface area contributed by atoms with Crippen molar-refractivity contribution in [3.8, 4) is 0 Å². The lowest BCUT2D eigenvalue weighted by Crippen LogP contribution is -2.54. The van der Waals surface area contributed by atoms with E-state index in [1.807, 2.05) is 17.1 Å². The number of carbonyl (C=O) groups excluding carboxylic acids is 3. The summed E-state index contributed by atoms with van der Waals surface area (Å²) in [4.78, 5) is 43.4. The first-order chi connectivity index (χ1) is 14.0. The zero-order valence-corrected chi connectivity index (χ0v) is 17.2. The summed E-state index contributed by atoms with van der Waals surface area (Å²) in [6.07, 6.45) is 5.45. The minimum atomic E-state index is -0.222. The lowest BCUT2D eigenvalue weighted by molar-refractivity contribution is -0.141. The Balaban J connectivity index is 1.31. The molecule has 3 atom stereocenters. The normalized spacial score (nSPS) is 26.8. The molecule has 1 aromatic rings. The molecular formula is C23H29N3O3. The number of fused-ring (bicyclic) bond motifs is 1. The maximum Gasteiger partial charge on any atom is 0.233 e. The van der Waals surface area contributed by atoms with Crippen molar-refractivity contribution in [1.29, 1.82) is 0 Å². The van der Waals surface area contributed by atoms with Crippen LogP contribution in [0.4, 0.5) is 5.69 Å². The molecule has 0 unspecified atom stereocenters. The predicted molar refractivity (Wildman–Crippen MR) is 111 cm³/mol. The summed E-state index contributed by atoms with van der Waals surface area (Å²) < 4.78 is 0. The van der Waals surface area contributed by atoms with E-state index in [1.165, 1.54) is 16.2 Å². The summed E-state index contributed by atoms with van der Waals surface area (Å²) in [5.74, 6) is -0.625. The van der Waals surface area contributed by atoms with Gasteiger partial charge in [0.05, 0.1) is 11.8 Å². The number of allylic oxidation sites excluding steroid dienone is 2. The molecule has 3 amide bonds. The molecule has 2 fully saturated rings. The van der Waals surface area contributed by atoms with Crippen molar-refractivity contribution < 1.29 is 14.4 Å². The van der Waals surface area contributed by atoms with Crippen LogP contribution in [0.15, 0.2) is 36.4 Å². The maximum atomic E-state index is 12.8. The first-order valence-corrected chi connectivity index (χ1v) is 10.6. The highest BCUT2D eigenvalue weighted by Gasteiger charge is 2.47. The van der Waals surface area contributed by atoms with E-state index in [1.54, 1.807) is 0 Å². The number of nitrogens with zero attached hydrogens (tertiary/aromatic N) is 3. The molecule has 2 heterocycles. The second-order valence-corrected chi connectivity index (χ2v) is 8.45. The van der Waals surface area contributed by atoms with Gasteiger partial charge < -0.3 is 9.80 Å². The molecular weight excluding hydrogens is 366 g/mol. The van der Waals surface area contributed by atoms with Crippen LogP contribution in [0.5, 0.6) is 0 Å². The monoisotopic (exact) mass is 395 g/mol. The average Bonchev–Trinajstić information content (AvgIpc) is 2.97. The van der Waals surface area contributed by atoms with E-state index in [2.05, 4.69) is 43.0 Å². The predicted octanol–water partition coefficient (Wildman–Crippen LogP) is 2.37. The smallest absolute Gasteiger partial charge is 0.233 e. The number of piperazine rings is 1. The first kappa shape index (κ1) is 19.7. The highest BCUT2D eigenvalue weighted by atomic mass is 16.2. The molecule has 29 heavy (non-hydrogen) atoms. The summed E-state index contributed by atoms with van der Waals surface area (Å²) >= 11 is 0. The summed E-state index contributed by atoms with van der Waals surface area (Å²) in [6.45, 7) is 6.51. The van der Waals surface area contributed by atoms with Gasteiger partial charge in [-0.25, -0.2) is 0 Å². The number of benzene rings is 1. The van der Waals surface area contributed by atoms with E-state index in [-0.39, 0.29) is 48.6 Å². The quantitative estimate of drug-likeness (QED) is 0.580. The molecule has 6 nitrogen and oxygen atoms in total. The maximum absolute atomic E-state index is 12.8. The van der Waals surface area contributed by atoms with Gasteiger partial charge in [-0.05, 0) is 38.8 Å². The molecule has 2 aliphatic heterocycles. The Hall–Kier alpha value is -2.63. The fourth-order valence-corrected chi connectivity index (χ4v) is 4.76. The summed E-state index contributed by atoms with van der Waals surface area (Å²) in [6, 6.07) is 8.69. The van der Waals surface area contributed by atoms with Crippen LogP contribution in [-0.4, -0.2) is 59.7 Å². The number of amides is 3. The highest BCUT2D eigenvalue weighted by molar-refractivity contribution is 6.05. The van der Waals surface area contributed by atoms with Crippen molar-refractivity contribution in [2.24, 2.45) is 11.8 Å². The zero-order valence-electron chi connectivity index (χ0n) is 17.2. The van der Waals surface area contributed by atoms with Crippen molar-refractivity contribution in [3.63, 3.8) is 0 Å². The van der Waals surface area contributed by atoms with Gasteiger partial charge in [0.25, 0.3) is 0 Å². The van der Waals surface area contributed by atoms with Gasteiger partial charge in [-0.15, -0.1) is 0 Å². The lowest BCUT2D eigenvalue weighted by Gasteiger charge is -2.41. The number of rotatable bonds is 4. The Kier molecular flexibility index (Phi) is 5.43. The summed E-state index contributed by atoms with van der Waals surface area (Å²) in [5.41, 5.74) is 2.41. The van der Waals surface area contributed by atoms with Crippen LogP contribution >= 0.6 is 0 Å². The minimum absolute atomic E-state index is 0.0222. The van der Waals surface area contributed by atoms with E-state index in [4.69, 9.17) is 0 Å². The van der Waals surface area contributed by atoms with Crippen LogP contribution in [0.1, 0.15) is 31.7 Å². The van der Waals surface area contributed by atoms with Gasteiger partial charge in [-0.2, -0.15) is 0 Å². The Labute approximate surface area is 172 Å². The Morgan fingerprint density at radius 2 is 1.62 bits per heavy atom. The third-order valence-electron chi connectivity index (χ3n) is 6.49. The van der Waals surface area contributed by atoms with Gasteiger partial charge >= 0.3 is 0 Å². The molecule has 4 rings (SSSR count). The van der Waals surface area contributed by atoms with Crippen molar-refractivity contribution in [2.75, 3.05) is 31.1 Å². The van der Waals surface area contributed by atoms with Gasteiger partial charge in [0.15, 0.2) is 0 Å². The second-order valence-electron chi connectivity index (χ2n) is 8.45. The topological polar surface area (TPSA) is 60.9 Å². The molecule has 2 saturated heterocycles. The number of carbonyl (C=O) groups is 3.